The fourth-order valence-corrected chi connectivity index (χ4v) is 3.82. The summed E-state index contributed by atoms with van der Waals surface area (Å²) in [6.07, 6.45) is 6.73. The molecule has 0 aromatic carbocycles. The maximum Gasteiger partial charge on any atom is 0.310 e. The second kappa shape index (κ2) is 9.50. The van der Waals surface area contributed by atoms with Gasteiger partial charge in [-0.05, 0) is 18.4 Å². The third-order valence-corrected chi connectivity index (χ3v) is 5.21. The predicted octanol–water partition coefficient (Wildman–Crippen LogP) is 1.18. The summed E-state index contributed by atoms with van der Waals surface area (Å²) in [5.74, 6) is -1.39. The van der Waals surface area contributed by atoms with E-state index in [0.717, 1.165) is 30.7 Å². The first-order chi connectivity index (χ1) is 14.0. The Morgan fingerprint density at radius 3 is 2.86 bits per heavy atom. The molecule has 29 heavy (non-hydrogen) atoms. The van der Waals surface area contributed by atoms with Crippen LogP contribution in [0.15, 0.2) is 17.4 Å². The molecule has 11 heteroatoms. The molecule has 2 unspecified atom stereocenters. The molecule has 1 aliphatic carbocycles. The first-order valence-electron chi connectivity index (χ1n) is 9.53. The van der Waals surface area contributed by atoms with Gasteiger partial charge in [0.15, 0.2) is 0 Å². The van der Waals surface area contributed by atoms with Crippen LogP contribution >= 0.6 is 0 Å². The normalized spacial score (nSPS) is 19.9. The molecule has 2 aliphatic rings. The van der Waals surface area contributed by atoms with Gasteiger partial charge in [-0.25, -0.2) is 15.1 Å². The van der Waals surface area contributed by atoms with E-state index >= 15 is 0 Å². The monoisotopic (exact) mass is 406 g/mol. The smallest absolute Gasteiger partial charge is 0.309 e. The Morgan fingerprint density at radius 1 is 1.41 bits per heavy atom. The molecule has 2 heterocycles. The molecule has 3 rings (SSSR count). The van der Waals surface area contributed by atoms with Crippen LogP contribution in [0.4, 0.5) is 10.2 Å². The second-order valence-electron chi connectivity index (χ2n) is 7.24. The van der Waals surface area contributed by atoms with Crippen LogP contribution in [0.5, 0.6) is 0 Å². The predicted molar refractivity (Wildman–Crippen MR) is 99.0 cm³/mol. The molecular formula is C18H23FN6O4. The highest BCUT2D eigenvalue weighted by Gasteiger charge is 2.38. The molecule has 2 N–H and O–H groups in total. The molecule has 1 saturated carbocycles. The highest BCUT2D eigenvalue weighted by molar-refractivity contribution is 5.99. The molecule has 3 amide bonds. The Hall–Kier alpha value is -2.95. The third kappa shape index (κ3) is 5.31. The number of rotatable bonds is 8. The summed E-state index contributed by atoms with van der Waals surface area (Å²) in [4.78, 5) is 43.3. The van der Waals surface area contributed by atoms with Gasteiger partial charge in [0.2, 0.25) is 12.3 Å². The average molecular weight is 406 g/mol. The average Bonchev–Trinajstić information content (AvgIpc) is 3.38. The van der Waals surface area contributed by atoms with Crippen LogP contribution < -0.4 is 5.32 Å². The van der Waals surface area contributed by atoms with E-state index in [4.69, 9.17) is 0 Å². The molecule has 0 saturated heterocycles. The summed E-state index contributed by atoms with van der Waals surface area (Å²) < 4.78 is 13.1. The minimum atomic E-state index is -0.980. The van der Waals surface area contributed by atoms with E-state index in [-0.39, 0.29) is 25.2 Å². The van der Waals surface area contributed by atoms with Gasteiger partial charge in [0.1, 0.15) is 11.9 Å². The van der Waals surface area contributed by atoms with Crippen molar-refractivity contribution in [2.45, 2.75) is 44.6 Å². The molecule has 0 bridgehead atoms. The number of carbonyl (C=O) groups is 3. The zero-order valence-electron chi connectivity index (χ0n) is 15.8. The highest BCUT2D eigenvalue weighted by Crippen LogP contribution is 2.32. The minimum absolute atomic E-state index is 0.0215. The number of hydrogen-bond donors (Lipinski definition) is 2. The van der Waals surface area contributed by atoms with Gasteiger partial charge in [-0.15, -0.1) is 0 Å². The number of aromatic nitrogens is 2. The van der Waals surface area contributed by atoms with Gasteiger partial charge in [-0.1, -0.05) is 25.7 Å². The number of hydrogen-bond acceptors (Lipinski definition) is 7. The molecule has 1 aromatic rings. The van der Waals surface area contributed by atoms with E-state index in [1.165, 1.54) is 18.5 Å². The van der Waals surface area contributed by atoms with Crippen molar-refractivity contribution in [3.05, 3.63) is 18.3 Å². The van der Waals surface area contributed by atoms with Crippen molar-refractivity contribution in [3.63, 3.8) is 0 Å². The van der Waals surface area contributed by atoms with Crippen molar-refractivity contribution in [1.82, 2.24) is 20.0 Å². The number of hydroxylamine groups is 2. The zero-order chi connectivity index (χ0) is 20.8. The largest absolute Gasteiger partial charge is 0.310 e. The summed E-state index contributed by atoms with van der Waals surface area (Å²) in [7, 11) is 0. The molecule has 1 fully saturated rings. The number of anilines is 1. The van der Waals surface area contributed by atoms with E-state index in [0.29, 0.717) is 17.4 Å². The maximum atomic E-state index is 13.1. The standard InChI is InChI=1S/C18H23FN6O4/c19-18-20-7-6-15(23-18)22-16(27)14-5-8-21-25(14)17(28)13(10-24(29)11-26)9-12-3-1-2-4-12/h6-8,11-14,29H,1-5,9-10H2,(H,20,22,23,27). The number of carbonyl (C=O) groups excluding carboxylic acids is 3. The van der Waals surface area contributed by atoms with Gasteiger partial charge in [0.25, 0.3) is 5.91 Å². The van der Waals surface area contributed by atoms with Crippen LogP contribution in [0.25, 0.3) is 0 Å². The van der Waals surface area contributed by atoms with Crippen molar-refractivity contribution < 1.29 is 24.0 Å². The fourth-order valence-electron chi connectivity index (χ4n) is 3.82. The van der Waals surface area contributed by atoms with Crippen LogP contribution in [0.3, 0.4) is 0 Å². The van der Waals surface area contributed by atoms with Crippen LogP contribution in [-0.4, -0.2) is 62.3 Å². The van der Waals surface area contributed by atoms with Gasteiger partial charge >= 0.3 is 6.08 Å². The van der Waals surface area contributed by atoms with Crippen LogP contribution in [0.1, 0.15) is 38.5 Å². The molecule has 10 nitrogen and oxygen atoms in total. The molecular weight excluding hydrogens is 383 g/mol. The highest BCUT2D eigenvalue weighted by atomic mass is 19.1. The number of nitrogens with zero attached hydrogens (tertiary/aromatic N) is 5. The Labute approximate surface area is 166 Å². The van der Waals surface area contributed by atoms with Gasteiger partial charge < -0.3 is 5.32 Å². The van der Waals surface area contributed by atoms with Gasteiger partial charge in [-0.3, -0.25) is 19.6 Å². The SMILES string of the molecule is O=CN(O)CC(CC1CCCC1)C(=O)N1N=CCC1C(=O)Nc1ccnc(F)n1. The lowest BCUT2D eigenvalue weighted by molar-refractivity contribution is -0.158. The Bertz CT molecular complexity index is 785. The molecule has 2 atom stereocenters. The van der Waals surface area contributed by atoms with Crippen molar-refractivity contribution >= 4 is 30.3 Å². The van der Waals surface area contributed by atoms with E-state index in [2.05, 4.69) is 20.4 Å². The lowest BCUT2D eigenvalue weighted by Gasteiger charge is -2.28. The number of amides is 3. The second-order valence-corrected chi connectivity index (χ2v) is 7.24. The van der Waals surface area contributed by atoms with Gasteiger partial charge in [-0.2, -0.15) is 14.5 Å². The Kier molecular flexibility index (Phi) is 6.81. The van der Waals surface area contributed by atoms with Gasteiger partial charge in [0.05, 0.1) is 12.5 Å². The summed E-state index contributed by atoms with van der Waals surface area (Å²) >= 11 is 0. The molecule has 1 aromatic heterocycles. The minimum Gasteiger partial charge on any atom is -0.309 e. The van der Waals surface area contributed by atoms with Crippen LogP contribution in [-0.2, 0) is 14.4 Å². The van der Waals surface area contributed by atoms with E-state index < -0.39 is 29.9 Å². The molecule has 0 radical (unpaired) electrons. The first-order valence-corrected chi connectivity index (χ1v) is 9.53. The summed E-state index contributed by atoms with van der Waals surface area (Å²) in [5, 5.41) is 17.6. The quantitative estimate of drug-likeness (QED) is 0.289. The maximum absolute atomic E-state index is 13.1. The van der Waals surface area contributed by atoms with E-state index in [1.807, 2.05) is 0 Å². The number of halogens is 1. The lowest BCUT2D eigenvalue weighted by Crippen LogP contribution is -2.46. The number of hydrazone groups is 1. The van der Waals surface area contributed by atoms with E-state index in [9.17, 15) is 24.0 Å². The summed E-state index contributed by atoms with van der Waals surface area (Å²) in [6.45, 7) is -0.170. The molecule has 156 valence electrons. The Morgan fingerprint density at radius 2 is 2.17 bits per heavy atom. The first kappa shape index (κ1) is 20.8. The molecule has 0 spiro atoms. The summed E-state index contributed by atoms with van der Waals surface area (Å²) in [6, 6.07) is 0.412. The van der Waals surface area contributed by atoms with Gasteiger partial charge in [0, 0.05) is 18.8 Å². The third-order valence-electron chi connectivity index (χ3n) is 5.21. The topological polar surface area (TPSA) is 128 Å². The lowest BCUT2D eigenvalue weighted by atomic mass is 9.92. The Balaban J connectivity index is 1.70. The van der Waals surface area contributed by atoms with E-state index in [1.54, 1.807) is 0 Å². The van der Waals surface area contributed by atoms with Crippen LogP contribution in [0.2, 0.25) is 0 Å². The van der Waals surface area contributed by atoms with Crippen molar-refractivity contribution in [2.24, 2.45) is 16.9 Å². The molecule has 1 aliphatic heterocycles. The van der Waals surface area contributed by atoms with Crippen molar-refractivity contribution in [2.75, 3.05) is 11.9 Å². The fraction of sp³-hybridized carbons (Fsp3) is 0.556. The van der Waals surface area contributed by atoms with Crippen molar-refractivity contribution in [1.29, 1.82) is 0 Å². The van der Waals surface area contributed by atoms with Crippen molar-refractivity contribution in [3.8, 4) is 0 Å². The zero-order valence-corrected chi connectivity index (χ0v) is 15.8. The van der Waals surface area contributed by atoms with Crippen LogP contribution in [0, 0.1) is 17.9 Å². The number of nitrogens with one attached hydrogen (secondary N) is 1. The summed E-state index contributed by atoms with van der Waals surface area (Å²) in [5.41, 5.74) is 0.